The van der Waals surface area contributed by atoms with E-state index in [-0.39, 0.29) is 24.2 Å². The van der Waals surface area contributed by atoms with Crippen molar-refractivity contribution in [3.63, 3.8) is 0 Å². The van der Waals surface area contributed by atoms with Crippen LogP contribution < -0.4 is 20.1 Å². The van der Waals surface area contributed by atoms with E-state index in [9.17, 15) is 14.9 Å². The number of hydrogen-bond acceptors (Lipinski definition) is 7. The van der Waals surface area contributed by atoms with Crippen molar-refractivity contribution in [2.45, 2.75) is 31.7 Å². The second kappa shape index (κ2) is 9.65. The summed E-state index contributed by atoms with van der Waals surface area (Å²) >= 11 is 1.29. The van der Waals surface area contributed by atoms with Crippen molar-refractivity contribution in [2.24, 2.45) is 0 Å². The zero-order chi connectivity index (χ0) is 23.5. The summed E-state index contributed by atoms with van der Waals surface area (Å²) in [5.74, 6) is 0.833. The SMILES string of the molecule is N#CC1=C(SCC(=O)NCc2ccccc2)NC2=C(C(=O)CCC2)[C@@H]1c1ccc2c(c1)OCO2. The lowest BCUT2D eigenvalue weighted by molar-refractivity contribution is -0.119. The first-order chi connectivity index (χ1) is 16.6. The summed E-state index contributed by atoms with van der Waals surface area (Å²) in [6.45, 7) is 0.597. The third kappa shape index (κ3) is 4.39. The average Bonchev–Trinajstić information content (AvgIpc) is 3.34. The molecule has 1 atom stereocenters. The Bertz CT molecular complexity index is 1250. The molecule has 1 aliphatic carbocycles. The number of carbonyl (C=O) groups is 2. The molecule has 0 radical (unpaired) electrons. The van der Waals surface area contributed by atoms with Crippen molar-refractivity contribution < 1.29 is 19.1 Å². The third-order valence-corrected chi connectivity index (χ3v) is 7.09. The van der Waals surface area contributed by atoms with E-state index in [1.54, 1.807) is 0 Å². The Morgan fingerprint density at radius 1 is 1.15 bits per heavy atom. The molecule has 0 fully saturated rings. The Labute approximate surface area is 201 Å². The Balaban J connectivity index is 1.40. The molecule has 0 unspecified atom stereocenters. The van der Waals surface area contributed by atoms with Crippen LogP contribution in [0.2, 0.25) is 0 Å². The fourth-order valence-corrected chi connectivity index (χ4v) is 5.34. The number of benzene rings is 2. The van der Waals surface area contributed by atoms with Gasteiger partial charge in [-0.2, -0.15) is 5.26 Å². The topological polar surface area (TPSA) is 100 Å². The third-order valence-electron chi connectivity index (χ3n) is 6.07. The zero-order valence-electron chi connectivity index (χ0n) is 18.4. The molecule has 8 heteroatoms. The maximum Gasteiger partial charge on any atom is 0.231 e. The molecule has 1 amide bonds. The number of fused-ring (bicyclic) bond motifs is 1. The molecular weight excluding hydrogens is 450 g/mol. The van der Waals surface area contributed by atoms with Crippen LogP contribution in [0, 0.1) is 11.3 Å². The van der Waals surface area contributed by atoms with Gasteiger partial charge in [-0.1, -0.05) is 48.2 Å². The number of ether oxygens (including phenoxy) is 2. The standard InChI is InChI=1S/C26H23N3O4S/c27-12-18-24(17-9-10-21-22(11-17)33-15-32-21)25-19(7-4-8-20(25)30)29-26(18)34-14-23(31)28-13-16-5-2-1-3-6-16/h1-3,5-6,9-11,24,29H,4,7-8,13-15H2,(H,28,31)/t24-/m1/s1. The molecular formula is C26H23N3O4S. The van der Waals surface area contributed by atoms with Crippen LogP contribution in [0.1, 0.15) is 36.3 Å². The van der Waals surface area contributed by atoms with Gasteiger partial charge in [-0.3, -0.25) is 9.59 Å². The van der Waals surface area contributed by atoms with Gasteiger partial charge in [0.15, 0.2) is 17.3 Å². The Kier molecular flexibility index (Phi) is 6.28. The van der Waals surface area contributed by atoms with Crippen LogP contribution in [0.15, 0.2) is 70.4 Å². The summed E-state index contributed by atoms with van der Waals surface area (Å²) in [7, 11) is 0. The number of allylic oxidation sites excluding steroid dienone is 3. The van der Waals surface area contributed by atoms with E-state index < -0.39 is 5.92 Å². The van der Waals surface area contributed by atoms with Crippen LogP contribution in [0.3, 0.4) is 0 Å². The van der Waals surface area contributed by atoms with Gasteiger partial charge in [-0.15, -0.1) is 0 Å². The largest absolute Gasteiger partial charge is 0.454 e. The van der Waals surface area contributed by atoms with E-state index in [4.69, 9.17) is 9.47 Å². The molecule has 7 nitrogen and oxygen atoms in total. The van der Waals surface area contributed by atoms with Gasteiger partial charge < -0.3 is 20.1 Å². The van der Waals surface area contributed by atoms with Crippen LogP contribution in [0.4, 0.5) is 0 Å². The second-order valence-electron chi connectivity index (χ2n) is 8.25. The van der Waals surface area contributed by atoms with Crippen LogP contribution in [-0.2, 0) is 16.1 Å². The van der Waals surface area contributed by atoms with Crippen molar-refractivity contribution in [1.82, 2.24) is 10.6 Å². The molecule has 2 aromatic carbocycles. The minimum absolute atomic E-state index is 0.0498. The highest BCUT2D eigenvalue weighted by molar-refractivity contribution is 8.03. The molecule has 0 saturated carbocycles. The molecule has 0 aromatic heterocycles. The Morgan fingerprint density at radius 2 is 1.97 bits per heavy atom. The van der Waals surface area contributed by atoms with Crippen LogP contribution in [0.25, 0.3) is 0 Å². The van der Waals surface area contributed by atoms with Crippen LogP contribution >= 0.6 is 11.8 Å². The molecule has 5 rings (SSSR count). The number of rotatable bonds is 6. The maximum atomic E-state index is 12.9. The van der Waals surface area contributed by atoms with E-state index in [1.165, 1.54) is 11.8 Å². The van der Waals surface area contributed by atoms with Gasteiger partial charge in [-0.05, 0) is 36.1 Å². The van der Waals surface area contributed by atoms with Gasteiger partial charge >= 0.3 is 0 Å². The molecule has 0 spiro atoms. The average molecular weight is 474 g/mol. The molecule has 0 bridgehead atoms. The lowest BCUT2D eigenvalue weighted by Gasteiger charge is -2.33. The zero-order valence-corrected chi connectivity index (χ0v) is 19.2. The fourth-order valence-electron chi connectivity index (χ4n) is 4.45. The van der Waals surface area contributed by atoms with E-state index in [1.807, 2.05) is 48.5 Å². The second-order valence-corrected chi connectivity index (χ2v) is 9.23. The number of dihydropyridines is 1. The molecule has 2 heterocycles. The summed E-state index contributed by atoms with van der Waals surface area (Å²) in [5, 5.41) is 17.0. The monoisotopic (exact) mass is 473 g/mol. The van der Waals surface area contributed by atoms with Crippen LogP contribution in [0.5, 0.6) is 11.5 Å². The number of nitriles is 1. The van der Waals surface area contributed by atoms with Gasteiger partial charge in [0.05, 0.1) is 28.3 Å². The first-order valence-electron chi connectivity index (χ1n) is 11.1. The van der Waals surface area contributed by atoms with E-state index in [0.717, 1.165) is 29.7 Å². The highest BCUT2D eigenvalue weighted by Crippen LogP contribution is 2.46. The number of nitrogens with one attached hydrogen (secondary N) is 2. The molecule has 0 saturated heterocycles. The van der Waals surface area contributed by atoms with E-state index in [2.05, 4.69) is 16.7 Å². The van der Waals surface area contributed by atoms with Crippen LogP contribution in [-0.4, -0.2) is 24.2 Å². The summed E-state index contributed by atoms with van der Waals surface area (Å²) in [5.41, 5.74) is 3.74. The van der Waals surface area contributed by atoms with Crippen molar-refractivity contribution >= 4 is 23.5 Å². The smallest absolute Gasteiger partial charge is 0.231 e. The molecule has 3 aliphatic rings. The van der Waals surface area contributed by atoms with Crippen molar-refractivity contribution in [3.05, 3.63) is 81.5 Å². The van der Waals surface area contributed by atoms with E-state index in [0.29, 0.717) is 40.6 Å². The molecule has 2 aliphatic heterocycles. The maximum absolute atomic E-state index is 12.9. The first kappa shape index (κ1) is 22.1. The molecule has 172 valence electrons. The summed E-state index contributed by atoms with van der Waals surface area (Å²) in [4.78, 5) is 25.4. The lowest BCUT2D eigenvalue weighted by Crippen LogP contribution is -2.32. The summed E-state index contributed by atoms with van der Waals surface area (Å²) < 4.78 is 11.0. The number of nitrogens with zero attached hydrogens (tertiary/aromatic N) is 1. The molecule has 2 N–H and O–H groups in total. The number of Topliss-reactive ketones (excluding diaryl/α,β-unsaturated/α-hetero) is 1. The van der Waals surface area contributed by atoms with Gasteiger partial charge in [0.1, 0.15) is 0 Å². The number of hydrogen-bond donors (Lipinski definition) is 2. The lowest BCUT2D eigenvalue weighted by atomic mass is 9.77. The van der Waals surface area contributed by atoms with Crippen molar-refractivity contribution in [2.75, 3.05) is 12.5 Å². The minimum Gasteiger partial charge on any atom is -0.454 e. The Hall–Kier alpha value is -3.70. The summed E-state index contributed by atoms with van der Waals surface area (Å²) in [6, 6.07) is 17.5. The quantitative estimate of drug-likeness (QED) is 0.656. The Morgan fingerprint density at radius 3 is 2.79 bits per heavy atom. The predicted molar refractivity (Wildman–Crippen MR) is 128 cm³/mol. The number of amides is 1. The fraction of sp³-hybridized carbons (Fsp3) is 0.269. The van der Waals surface area contributed by atoms with Gasteiger partial charge in [-0.25, -0.2) is 0 Å². The number of ketones is 1. The number of carbonyl (C=O) groups excluding carboxylic acids is 2. The highest BCUT2D eigenvalue weighted by atomic mass is 32.2. The van der Waals surface area contributed by atoms with Gasteiger partial charge in [0.2, 0.25) is 12.7 Å². The van der Waals surface area contributed by atoms with Gasteiger partial charge in [0, 0.05) is 24.2 Å². The predicted octanol–water partition coefficient (Wildman–Crippen LogP) is 3.89. The van der Waals surface area contributed by atoms with Gasteiger partial charge in [0.25, 0.3) is 0 Å². The first-order valence-corrected chi connectivity index (χ1v) is 12.1. The highest BCUT2D eigenvalue weighted by Gasteiger charge is 2.37. The normalized spacial score (nSPS) is 18.8. The number of thioether (sulfide) groups is 1. The van der Waals surface area contributed by atoms with E-state index >= 15 is 0 Å². The minimum atomic E-state index is -0.501. The molecule has 2 aromatic rings. The molecule has 34 heavy (non-hydrogen) atoms. The van der Waals surface area contributed by atoms with Crippen molar-refractivity contribution in [1.29, 1.82) is 5.26 Å². The van der Waals surface area contributed by atoms with Crippen molar-refractivity contribution in [3.8, 4) is 17.6 Å². The summed E-state index contributed by atoms with van der Waals surface area (Å²) in [6.07, 6.45) is 1.95.